The quantitative estimate of drug-likeness (QED) is 0.441. The lowest BCUT2D eigenvalue weighted by atomic mass is 10.1. The summed E-state index contributed by atoms with van der Waals surface area (Å²) in [5.74, 6) is -0.0460. The summed E-state index contributed by atoms with van der Waals surface area (Å²) in [7, 11) is -2.42. The van der Waals surface area contributed by atoms with E-state index in [1.807, 2.05) is 0 Å². The van der Waals surface area contributed by atoms with Gasteiger partial charge in [-0.25, -0.2) is 12.8 Å². The summed E-state index contributed by atoms with van der Waals surface area (Å²) >= 11 is 1.12. The number of rotatable bonds is 6. The number of halogens is 1. The Morgan fingerprint density at radius 3 is 2.69 bits per heavy atom. The molecule has 5 nitrogen and oxygen atoms in total. The van der Waals surface area contributed by atoms with Crippen molar-refractivity contribution in [2.45, 2.75) is 10.8 Å². The van der Waals surface area contributed by atoms with Gasteiger partial charge in [-0.05, 0) is 41.8 Å². The SMILES string of the molecule is COc1ccccc1N(Cc1cc(F)cc2cccnc12)S(=O)(=O)c1cccs1. The predicted octanol–water partition coefficient (Wildman–Crippen LogP) is 4.84. The molecule has 0 radical (unpaired) electrons. The van der Waals surface area contributed by atoms with Crippen molar-refractivity contribution in [1.82, 2.24) is 4.98 Å². The minimum Gasteiger partial charge on any atom is -0.495 e. The fourth-order valence-electron chi connectivity index (χ4n) is 3.16. The number of anilines is 1. The molecule has 0 atom stereocenters. The summed E-state index contributed by atoms with van der Waals surface area (Å²) in [6, 6.07) is 16.2. The Bertz CT molecular complexity index is 1260. The highest BCUT2D eigenvalue weighted by Crippen LogP contribution is 2.35. The van der Waals surface area contributed by atoms with Crippen LogP contribution in [0.1, 0.15) is 5.56 Å². The van der Waals surface area contributed by atoms with Gasteiger partial charge in [-0.15, -0.1) is 11.3 Å². The van der Waals surface area contributed by atoms with Gasteiger partial charge in [-0.1, -0.05) is 24.3 Å². The second kappa shape index (κ2) is 7.81. The first-order valence-corrected chi connectivity index (χ1v) is 11.0. The number of benzene rings is 2. The molecule has 29 heavy (non-hydrogen) atoms. The van der Waals surface area contributed by atoms with Crippen molar-refractivity contribution in [1.29, 1.82) is 0 Å². The number of ether oxygens (including phenoxy) is 1. The van der Waals surface area contributed by atoms with E-state index in [0.29, 0.717) is 27.9 Å². The molecule has 0 spiro atoms. The third-order valence-electron chi connectivity index (χ3n) is 4.46. The Morgan fingerprint density at radius 2 is 1.93 bits per heavy atom. The molecule has 0 aliphatic carbocycles. The highest BCUT2D eigenvalue weighted by Gasteiger charge is 2.29. The molecule has 0 amide bonds. The van der Waals surface area contributed by atoms with Crippen LogP contribution >= 0.6 is 11.3 Å². The Balaban J connectivity index is 1.91. The van der Waals surface area contributed by atoms with Crippen LogP contribution in [0, 0.1) is 5.82 Å². The molecular weight excluding hydrogens is 411 g/mol. The monoisotopic (exact) mass is 428 g/mol. The summed E-state index contributed by atoms with van der Waals surface area (Å²) in [4.78, 5) is 4.34. The summed E-state index contributed by atoms with van der Waals surface area (Å²) in [6.07, 6.45) is 1.60. The molecule has 8 heteroatoms. The number of thiophene rings is 1. The summed E-state index contributed by atoms with van der Waals surface area (Å²) in [6.45, 7) is -0.0914. The zero-order chi connectivity index (χ0) is 20.4. The molecule has 2 aromatic carbocycles. The average Bonchev–Trinajstić information content (AvgIpc) is 3.27. The van der Waals surface area contributed by atoms with E-state index >= 15 is 0 Å². The lowest BCUT2D eigenvalue weighted by Gasteiger charge is -2.26. The van der Waals surface area contributed by atoms with E-state index in [0.717, 1.165) is 11.3 Å². The Kier molecular flexibility index (Phi) is 5.21. The van der Waals surface area contributed by atoms with Crippen molar-refractivity contribution in [3.63, 3.8) is 0 Å². The van der Waals surface area contributed by atoms with Crippen LogP contribution in [-0.4, -0.2) is 20.5 Å². The molecule has 4 rings (SSSR count). The number of methoxy groups -OCH3 is 1. The molecule has 0 saturated heterocycles. The van der Waals surface area contributed by atoms with Gasteiger partial charge in [0, 0.05) is 17.1 Å². The van der Waals surface area contributed by atoms with E-state index in [2.05, 4.69) is 4.98 Å². The number of sulfonamides is 1. The molecule has 0 bridgehead atoms. The number of fused-ring (bicyclic) bond motifs is 1. The molecule has 0 fully saturated rings. The van der Waals surface area contributed by atoms with E-state index in [-0.39, 0.29) is 10.8 Å². The van der Waals surface area contributed by atoms with Gasteiger partial charge in [0.05, 0.1) is 24.9 Å². The molecule has 148 valence electrons. The van der Waals surface area contributed by atoms with Crippen molar-refractivity contribution in [2.24, 2.45) is 0 Å². The topological polar surface area (TPSA) is 59.5 Å². The van der Waals surface area contributed by atoms with E-state index in [4.69, 9.17) is 4.74 Å². The first-order valence-electron chi connectivity index (χ1n) is 8.73. The van der Waals surface area contributed by atoms with Crippen LogP contribution in [0.2, 0.25) is 0 Å². The van der Waals surface area contributed by atoms with Crippen LogP contribution < -0.4 is 9.04 Å². The van der Waals surface area contributed by atoms with Gasteiger partial charge in [-0.2, -0.15) is 0 Å². The summed E-state index contributed by atoms with van der Waals surface area (Å²) in [5.41, 5.74) is 1.39. The third-order valence-corrected chi connectivity index (χ3v) is 7.59. The maximum Gasteiger partial charge on any atom is 0.274 e. The maximum atomic E-state index is 14.2. The molecule has 0 saturated carbocycles. The average molecular weight is 429 g/mol. The smallest absolute Gasteiger partial charge is 0.274 e. The lowest BCUT2D eigenvalue weighted by Crippen LogP contribution is -2.30. The predicted molar refractivity (Wildman–Crippen MR) is 112 cm³/mol. The van der Waals surface area contributed by atoms with Gasteiger partial charge in [0.15, 0.2) is 0 Å². The fraction of sp³-hybridized carbons (Fsp3) is 0.0952. The van der Waals surface area contributed by atoms with Crippen LogP contribution in [0.4, 0.5) is 10.1 Å². The second-order valence-electron chi connectivity index (χ2n) is 6.26. The van der Waals surface area contributed by atoms with Crippen molar-refractivity contribution >= 4 is 38.0 Å². The van der Waals surface area contributed by atoms with E-state index in [9.17, 15) is 12.8 Å². The maximum absolute atomic E-state index is 14.2. The van der Waals surface area contributed by atoms with Crippen molar-refractivity contribution in [3.8, 4) is 5.75 Å². The van der Waals surface area contributed by atoms with Crippen molar-refractivity contribution in [3.05, 3.63) is 83.6 Å². The highest BCUT2D eigenvalue weighted by atomic mass is 32.2. The first kappa shape index (κ1) is 19.4. The molecule has 0 unspecified atom stereocenters. The fourth-order valence-corrected chi connectivity index (χ4v) is 5.72. The summed E-state index contributed by atoms with van der Waals surface area (Å²) < 4.78 is 48.0. The minimum absolute atomic E-state index is 0.0914. The van der Waals surface area contributed by atoms with Crippen LogP contribution in [0.15, 0.2) is 76.4 Å². The number of pyridine rings is 1. The standard InChI is InChI=1S/C21H17FN2O3S2/c1-27-19-8-3-2-7-18(19)24(29(25,26)20-9-5-11-28-20)14-16-13-17(22)12-15-6-4-10-23-21(15)16/h2-13H,14H2,1H3. The van der Waals surface area contributed by atoms with E-state index in [1.165, 1.54) is 23.5 Å². The molecule has 2 heterocycles. The minimum atomic E-state index is -3.90. The largest absolute Gasteiger partial charge is 0.495 e. The van der Waals surface area contributed by atoms with E-state index in [1.54, 1.807) is 60.1 Å². The molecule has 4 aromatic rings. The zero-order valence-corrected chi connectivity index (χ0v) is 17.1. The van der Waals surface area contributed by atoms with Gasteiger partial charge in [0.2, 0.25) is 0 Å². The van der Waals surface area contributed by atoms with Crippen LogP contribution in [0.5, 0.6) is 5.75 Å². The molecule has 0 aliphatic rings. The number of hydrogen-bond acceptors (Lipinski definition) is 5. The number of para-hydroxylation sites is 2. The van der Waals surface area contributed by atoms with Crippen molar-refractivity contribution < 1.29 is 17.5 Å². The number of nitrogens with zero attached hydrogens (tertiary/aromatic N) is 2. The van der Waals surface area contributed by atoms with Gasteiger partial charge < -0.3 is 4.74 Å². The van der Waals surface area contributed by atoms with E-state index < -0.39 is 15.8 Å². The summed E-state index contributed by atoms with van der Waals surface area (Å²) in [5, 5.41) is 2.31. The number of aromatic nitrogens is 1. The zero-order valence-electron chi connectivity index (χ0n) is 15.4. The van der Waals surface area contributed by atoms with Crippen LogP contribution in [0.25, 0.3) is 10.9 Å². The van der Waals surface area contributed by atoms with Gasteiger partial charge in [-0.3, -0.25) is 9.29 Å². The van der Waals surface area contributed by atoms with Gasteiger partial charge in [0.25, 0.3) is 10.0 Å². The Morgan fingerprint density at radius 1 is 1.10 bits per heavy atom. The lowest BCUT2D eigenvalue weighted by molar-refractivity contribution is 0.415. The van der Waals surface area contributed by atoms with Crippen LogP contribution in [0.3, 0.4) is 0 Å². The molecule has 0 aliphatic heterocycles. The van der Waals surface area contributed by atoms with Crippen LogP contribution in [-0.2, 0) is 16.6 Å². The first-order chi connectivity index (χ1) is 14.0. The Hall–Kier alpha value is -2.97. The van der Waals surface area contributed by atoms with Gasteiger partial charge >= 0.3 is 0 Å². The van der Waals surface area contributed by atoms with Gasteiger partial charge in [0.1, 0.15) is 15.8 Å². The normalized spacial score (nSPS) is 11.5. The molecule has 2 aromatic heterocycles. The second-order valence-corrected chi connectivity index (χ2v) is 9.29. The highest BCUT2D eigenvalue weighted by molar-refractivity contribution is 7.94. The molecule has 0 N–H and O–H groups in total. The van der Waals surface area contributed by atoms with Crippen molar-refractivity contribution in [2.75, 3.05) is 11.4 Å². The number of hydrogen-bond donors (Lipinski definition) is 0. The third kappa shape index (κ3) is 3.68. The molecular formula is C21H17FN2O3S2. The Labute approximate surface area is 172 Å².